The van der Waals surface area contributed by atoms with Crippen molar-refractivity contribution in [2.75, 3.05) is 0 Å². The maximum absolute atomic E-state index is 12.1. The predicted molar refractivity (Wildman–Crippen MR) is 84.5 cm³/mol. The first kappa shape index (κ1) is 14.1. The highest BCUT2D eigenvalue weighted by molar-refractivity contribution is 5.50. The van der Waals surface area contributed by atoms with E-state index in [4.69, 9.17) is 4.42 Å². The Hall–Kier alpha value is -3.55. The lowest BCUT2D eigenvalue weighted by molar-refractivity contribution is 0.567. The van der Waals surface area contributed by atoms with Crippen LogP contribution in [0.1, 0.15) is 5.69 Å². The van der Waals surface area contributed by atoms with Crippen LogP contribution in [0.2, 0.25) is 0 Å². The summed E-state index contributed by atoms with van der Waals surface area (Å²) in [5, 5.41) is 16.1. The number of hydrogen-bond donors (Lipinski definition) is 0. The van der Waals surface area contributed by atoms with Crippen molar-refractivity contribution in [2.24, 2.45) is 0 Å². The molecule has 3 heterocycles. The maximum Gasteiger partial charge on any atom is 0.250 e. The molecule has 1 aromatic carbocycles. The van der Waals surface area contributed by atoms with Gasteiger partial charge in [-0.15, -0.1) is 10.2 Å². The van der Waals surface area contributed by atoms with Gasteiger partial charge in [0.1, 0.15) is 5.69 Å². The van der Waals surface area contributed by atoms with E-state index in [1.54, 1.807) is 18.5 Å². The van der Waals surface area contributed by atoms with Crippen LogP contribution in [0.15, 0.2) is 70.5 Å². The zero-order chi connectivity index (χ0) is 16.4. The van der Waals surface area contributed by atoms with Gasteiger partial charge in [-0.2, -0.15) is 15.0 Å². The molecule has 0 spiro atoms. The molecule has 0 aliphatic carbocycles. The minimum absolute atomic E-state index is 0.146. The highest BCUT2D eigenvalue weighted by Crippen LogP contribution is 2.14. The highest BCUT2D eigenvalue weighted by atomic mass is 16.4. The molecule has 4 aromatic rings. The number of rotatable bonds is 4. The van der Waals surface area contributed by atoms with Crippen LogP contribution in [0.3, 0.4) is 0 Å². The summed E-state index contributed by atoms with van der Waals surface area (Å²) in [5.74, 6) is 0.358. The van der Waals surface area contributed by atoms with Crippen molar-refractivity contribution >= 4 is 0 Å². The summed E-state index contributed by atoms with van der Waals surface area (Å²) >= 11 is 0. The van der Waals surface area contributed by atoms with Crippen molar-refractivity contribution in [3.05, 3.63) is 77.3 Å². The lowest BCUT2D eigenvalue weighted by Crippen LogP contribution is -2.19. The largest absolute Gasteiger partial charge is 0.423 e. The van der Waals surface area contributed by atoms with Crippen LogP contribution in [0, 0.1) is 0 Å². The van der Waals surface area contributed by atoms with Gasteiger partial charge in [0.25, 0.3) is 5.56 Å². The van der Waals surface area contributed by atoms with Crippen LogP contribution in [0.25, 0.3) is 17.1 Å². The molecule has 0 aliphatic heterocycles. The molecular weight excluding hydrogens is 308 g/mol. The SMILES string of the molecule is O=c1ccc(-c2nnco2)cn1Cc1cnn(-c2ccccc2)n1. The van der Waals surface area contributed by atoms with Gasteiger partial charge in [0.2, 0.25) is 12.3 Å². The minimum Gasteiger partial charge on any atom is -0.423 e. The molecule has 0 amide bonds. The van der Waals surface area contributed by atoms with Crippen LogP contribution in [-0.4, -0.2) is 29.8 Å². The second-order valence-electron chi connectivity index (χ2n) is 5.09. The number of pyridine rings is 1. The lowest BCUT2D eigenvalue weighted by Gasteiger charge is -2.04. The molecule has 3 aromatic heterocycles. The summed E-state index contributed by atoms with van der Waals surface area (Å²) in [5.41, 5.74) is 2.05. The first-order valence-corrected chi connectivity index (χ1v) is 7.23. The fourth-order valence-corrected chi connectivity index (χ4v) is 2.31. The Labute approximate surface area is 136 Å². The summed E-state index contributed by atoms with van der Waals surface area (Å²) < 4.78 is 6.68. The van der Waals surface area contributed by atoms with Crippen molar-refractivity contribution in [3.8, 4) is 17.1 Å². The van der Waals surface area contributed by atoms with Gasteiger partial charge in [-0.1, -0.05) is 18.2 Å². The van der Waals surface area contributed by atoms with Crippen LogP contribution in [0.4, 0.5) is 0 Å². The Morgan fingerprint density at radius 1 is 1.08 bits per heavy atom. The van der Waals surface area contributed by atoms with Gasteiger partial charge in [0, 0.05) is 12.3 Å². The second kappa shape index (κ2) is 5.92. The van der Waals surface area contributed by atoms with Crippen LogP contribution in [0.5, 0.6) is 0 Å². The van der Waals surface area contributed by atoms with Crippen molar-refractivity contribution in [3.63, 3.8) is 0 Å². The maximum atomic E-state index is 12.1. The van der Waals surface area contributed by atoms with Crippen molar-refractivity contribution < 1.29 is 4.42 Å². The highest BCUT2D eigenvalue weighted by Gasteiger charge is 2.08. The minimum atomic E-state index is -0.146. The Balaban J connectivity index is 1.63. The lowest BCUT2D eigenvalue weighted by atomic mass is 10.3. The van der Waals surface area contributed by atoms with E-state index in [9.17, 15) is 4.79 Å². The third kappa shape index (κ3) is 2.72. The van der Waals surface area contributed by atoms with Gasteiger partial charge in [-0.05, 0) is 18.2 Å². The molecule has 24 heavy (non-hydrogen) atoms. The fourth-order valence-electron chi connectivity index (χ4n) is 2.31. The van der Waals surface area contributed by atoms with E-state index >= 15 is 0 Å². The first-order chi connectivity index (χ1) is 11.8. The third-order valence-corrected chi connectivity index (χ3v) is 3.45. The molecule has 0 unspecified atom stereocenters. The molecule has 118 valence electrons. The number of benzene rings is 1. The first-order valence-electron chi connectivity index (χ1n) is 7.23. The molecular formula is C16H12N6O2. The molecule has 0 saturated heterocycles. The number of aromatic nitrogens is 6. The molecule has 4 rings (SSSR count). The molecule has 0 fully saturated rings. The van der Waals surface area contributed by atoms with E-state index in [0.29, 0.717) is 23.7 Å². The van der Waals surface area contributed by atoms with Gasteiger partial charge in [0.15, 0.2) is 0 Å². The topological polar surface area (TPSA) is 91.6 Å². The normalized spacial score (nSPS) is 10.8. The molecule has 8 nitrogen and oxygen atoms in total. The van der Waals surface area contributed by atoms with E-state index < -0.39 is 0 Å². The van der Waals surface area contributed by atoms with Gasteiger partial charge < -0.3 is 8.98 Å². The van der Waals surface area contributed by atoms with Gasteiger partial charge >= 0.3 is 0 Å². The molecule has 0 aliphatic rings. The van der Waals surface area contributed by atoms with Crippen molar-refractivity contribution in [1.82, 2.24) is 29.8 Å². The summed E-state index contributed by atoms with van der Waals surface area (Å²) in [4.78, 5) is 13.6. The monoisotopic (exact) mass is 320 g/mol. The number of para-hydroxylation sites is 1. The predicted octanol–water partition coefficient (Wildman–Crippen LogP) is 1.53. The smallest absolute Gasteiger partial charge is 0.250 e. The van der Waals surface area contributed by atoms with Gasteiger partial charge in [-0.25, -0.2) is 0 Å². The molecule has 0 bridgehead atoms. The summed E-state index contributed by atoms with van der Waals surface area (Å²) in [7, 11) is 0. The Bertz CT molecular complexity index is 1000. The van der Waals surface area contributed by atoms with Crippen molar-refractivity contribution in [2.45, 2.75) is 6.54 Å². The number of nitrogens with zero attached hydrogens (tertiary/aromatic N) is 6. The zero-order valence-electron chi connectivity index (χ0n) is 12.5. The number of hydrogen-bond acceptors (Lipinski definition) is 6. The van der Waals surface area contributed by atoms with Crippen molar-refractivity contribution in [1.29, 1.82) is 0 Å². The quantitative estimate of drug-likeness (QED) is 0.566. The Morgan fingerprint density at radius 2 is 1.96 bits per heavy atom. The Morgan fingerprint density at radius 3 is 2.75 bits per heavy atom. The van der Waals surface area contributed by atoms with Gasteiger partial charge in [-0.3, -0.25) is 4.79 Å². The van der Waals surface area contributed by atoms with E-state index in [-0.39, 0.29) is 5.56 Å². The average molecular weight is 320 g/mol. The fraction of sp³-hybridized carbons (Fsp3) is 0.0625. The average Bonchev–Trinajstić information content (AvgIpc) is 3.29. The van der Waals surface area contributed by atoms with E-state index in [0.717, 1.165) is 5.69 Å². The zero-order valence-corrected chi connectivity index (χ0v) is 12.5. The molecule has 0 N–H and O–H groups in total. The summed E-state index contributed by atoms with van der Waals surface area (Å²) in [6.45, 7) is 0.299. The third-order valence-electron chi connectivity index (χ3n) is 3.45. The second-order valence-corrected chi connectivity index (χ2v) is 5.09. The van der Waals surface area contributed by atoms with Gasteiger partial charge in [0.05, 0.1) is 24.0 Å². The Kier molecular flexibility index (Phi) is 3.47. The molecule has 8 heteroatoms. The summed E-state index contributed by atoms with van der Waals surface area (Å²) in [6.07, 6.45) is 4.55. The molecule has 0 saturated carbocycles. The van der Waals surface area contributed by atoms with Crippen LogP contribution >= 0.6 is 0 Å². The summed E-state index contributed by atoms with van der Waals surface area (Å²) in [6, 6.07) is 12.7. The van der Waals surface area contributed by atoms with E-state index in [1.165, 1.54) is 21.8 Å². The molecule has 0 radical (unpaired) electrons. The van der Waals surface area contributed by atoms with Crippen LogP contribution < -0.4 is 5.56 Å². The standard InChI is InChI=1S/C16H12N6O2/c23-15-7-6-12(16-19-17-11-24-16)9-21(15)10-13-8-18-22(20-13)14-4-2-1-3-5-14/h1-9,11H,10H2. The van der Waals surface area contributed by atoms with Crippen LogP contribution in [-0.2, 0) is 6.54 Å². The van der Waals surface area contributed by atoms with E-state index in [2.05, 4.69) is 20.4 Å². The molecule has 0 atom stereocenters. The van der Waals surface area contributed by atoms with E-state index in [1.807, 2.05) is 30.3 Å².